The minimum atomic E-state index is -0.845. The lowest BCUT2D eigenvalue weighted by Crippen LogP contribution is -2.45. The summed E-state index contributed by atoms with van der Waals surface area (Å²) in [6, 6.07) is -0.628. The number of aliphatic hydroxyl groups excluding tert-OH is 2. The number of rotatable bonds is 74. The Hall–Kier alpha value is -1.92. The van der Waals surface area contributed by atoms with Crippen molar-refractivity contribution in [3.63, 3.8) is 0 Å². The molecule has 2 atom stereocenters. The van der Waals surface area contributed by atoms with Crippen molar-refractivity contribution in [3.8, 4) is 0 Å². The molecule has 3 N–H and O–H groups in total. The molecule has 0 aliphatic carbocycles. The highest BCUT2D eigenvalue weighted by atomic mass is 16.5. The summed E-state index contributed by atoms with van der Waals surface area (Å²) in [5.41, 5.74) is 0. The normalized spacial score (nSPS) is 12.7. The van der Waals surface area contributed by atoms with Gasteiger partial charge < -0.3 is 20.3 Å². The van der Waals surface area contributed by atoms with Gasteiger partial charge in [0.25, 0.3) is 0 Å². The molecule has 0 saturated carbocycles. The molecule has 0 heterocycles. The minimum absolute atomic E-state index is 0.00839. The second kappa shape index (κ2) is 75.5. The van der Waals surface area contributed by atoms with Gasteiger partial charge in [0, 0.05) is 12.8 Å². The average Bonchev–Trinajstić information content (AvgIpc) is 3.54. The van der Waals surface area contributed by atoms with E-state index in [9.17, 15) is 19.8 Å². The van der Waals surface area contributed by atoms with E-state index < -0.39 is 12.1 Å². The Kier molecular flexibility index (Phi) is 73.9. The van der Waals surface area contributed by atoms with Crippen LogP contribution < -0.4 is 5.32 Å². The van der Waals surface area contributed by atoms with Crippen LogP contribution in [0, 0.1) is 0 Å². The van der Waals surface area contributed by atoms with Crippen LogP contribution in [0.25, 0.3) is 0 Å². The third-order valence-corrected chi connectivity index (χ3v) is 18.4. The predicted molar refractivity (Wildman–Crippen MR) is 379 cm³/mol. The van der Waals surface area contributed by atoms with Gasteiger partial charge in [-0.15, -0.1) is 0 Å². The van der Waals surface area contributed by atoms with Gasteiger partial charge in [-0.1, -0.05) is 378 Å². The van der Waals surface area contributed by atoms with E-state index >= 15 is 0 Å². The van der Waals surface area contributed by atoms with Crippen molar-refractivity contribution in [3.05, 3.63) is 36.5 Å². The molecule has 6 heteroatoms. The van der Waals surface area contributed by atoms with E-state index in [1.165, 1.54) is 366 Å². The number of unbranched alkanes of at least 4 members (excludes halogenated alkanes) is 59. The van der Waals surface area contributed by atoms with Gasteiger partial charge in [-0.05, 0) is 83.5 Å². The maximum atomic E-state index is 12.6. The largest absolute Gasteiger partial charge is 0.466 e. The Morgan fingerprint density at radius 2 is 0.547 bits per heavy atom. The second-order valence-corrected chi connectivity index (χ2v) is 27.0. The van der Waals surface area contributed by atoms with Crippen molar-refractivity contribution in [1.82, 2.24) is 5.32 Å². The Labute approximate surface area is 538 Å². The summed E-state index contributed by atoms with van der Waals surface area (Å²) >= 11 is 0. The van der Waals surface area contributed by atoms with E-state index in [-0.39, 0.29) is 18.5 Å². The standard InChI is InChI=1S/C80H153NO5/c1-3-5-7-9-11-13-15-17-18-19-20-21-22-31-34-37-40-43-46-49-52-56-60-64-68-72-78(83)77(76-82)81-79(84)73-69-65-61-57-53-50-47-44-41-38-35-32-29-27-25-23-24-26-28-30-33-36-39-42-45-48-51-55-59-63-67-71-75-86-80(85)74-70-66-62-58-54-16-14-12-10-8-6-4-2/h12,14,26,28,68,72,77-78,82-83H,3-11,13,15-25,27,29-67,69-71,73-76H2,1-2H3,(H,81,84)/b14-12-,28-26-,72-68+. The van der Waals surface area contributed by atoms with Crippen molar-refractivity contribution < 1.29 is 24.5 Å². The molecular weight excluding hydrogens is 1050 g/mol. The first kappa shape index (κ1) is 84.1. The maximum absolute atomic E-state index is 12.6. The third-order valence-electron chi connectivity index (χ3n) is 18.4. The number of nitrogens with one attached hydrogen (secondary N) is 1. The first-order chi connectivity index (χ1) is 42.5. The minimum Gasteiger partial charge on any atom is -0.466 e. The lowest BCUT2D eigenvalue weighted by Gasteiger charge is -2.20. The van der Waals surface area contributed by atoms with Crippen LogP contribution in [0.3, 0.4) is 0 Å². The fourth-order valence-corrected chi connectivity index (χ4v) is 12.4. The maximum Gasteiger partial charge on any atom is 0.305 e. The van der Waals surface area contributed by atoms with Crippen molar-refractivity contribution in [2.24, 2.45) is 0 Å². The van der Waals surface area contributed by atoms with E-state index in [2.05, 4.69) is 43.5 Å². The summed E-state index contributed by atoms with van der Waals surface area (Å²) in [5, 5.41) is 23.3. The summed E-state index contributed by atoms with van der Waals surface area (Å²) in [6.45, 7) is 4.92. The number of ether oxygens (including phenoxy) is 1. The van der Waals surface area contributed by atoms with Crippen LogP contribution in [0.15, 0.2) is 36.5 Å². The summed E-state index contributed by atoms with van der Waals surface area (Å²) in [5.74, 6) is -0.0520. The molecule has 86 heavy (non-hydrogen) atoms. The third kappa shape index (κ3) is 71.2. The van der Waals surface area contributed by atoms with Crippen LogP contribution in [-0.4, -0.2) is 47.4 Å². The zero-order valence-electron chi connectivity index (χ0n) is 58.3. The zero-order valence-corrected chi connectivity index (χ0v) is 58.3. The molecule has 0 saturated heterocycles. The van der Waals surface area contributed by atoms with E-state index in [0.29, 0.717) is 19.4 Å². The van der Waals surface area contributed by atoms with Gasteiger partial charge in [-0.3, -0.25) is 9.59 Å². The Balaban J connectivity index is 3.39. The number of amides is 1. The molecular formula is C80H153NO5. The Morgan fingerprint density at radius 1 is 0.314 bits per heavy atom. The van der Waals surface area contributed by atoms with Crippen LogP contribution in [0.5, 0.6) is 0 Å². The molecule has 6 nitrogen and oxygen atoms in total. The lowest BCUT2D eigenvalue weighted by molar-refractivity contribution is -0.143. The van der Waals surface area contributed by atoms with E-state index in [4.69, 9.17) is 4.74 Å². The van der Waals surface area contributed by atoms with Gasteiger partial charge in [-0.2, -0.15) is 0 Å². The SMILES string of the molecule is CCCCC/C=C\CCCCCCCC(=O)OCCCCCCCCCCCCCC/C=C\CCCCCCCCCCCCCCCCCCC(=O)NC(CO)C(O)/C=C/CCCCCCCCCCCCCCCCCCCCCCCCC. The molecule has 2 unspecified atom stereocenters. The van der Waals surface area contributed by atoms with Gasteiger partial charge in [0.15, 0.2) is 0 Å². The van der Waals surface area contributed by atoms with Gasteiger partial charge >= 0.3 is 5.97 Å². The number of hydrogen-bond acceptors (Lipinski definition) is 5. The van der Waals surface area contributed by atoms with Gasteiger partial charge in [-0.25, -0.2) is 0 Å². The van der Waals surface area contributed by atoms with Crippen LogP contribution in [0.2, 0.25) is 0 Å². The van der Waals surface area contributed by atoms with E-state index in [0.717, 1.165) is 44.9 Å². The number of esters is 1. The number of hydrogen-bond donors (Lipinski definition) is 3. The number of carbonyl (C=O) groups is 2. The predicted octanol–water partition coefficient (Wildman–Crippen LogP) is 25.8. The molecule has 0 rings (SSSR count). The summed E-state index contributed by atoms with van der Waals surface area (Å²) in [6.07, 6.45) is 98.4. The van der Waals surface area contributed by atoms with Gasteiger partial charge in [0.05, 0.1) is 25.4 Å². The molecule has 0 aliphatic rings. The van der Waals surface area contributed by atoms with Crippen LogP contribution in [0.1, 0.15) is 438 Å². The smallest absolute Gasteiger partial charge is 0.305 e. The molecule has 0 aromatic heterocycles. The number of carbonyl (C=O) groups excluding carboxylic acids is 2. The molecule has 0 bridgehead atoms. The molecule has 0 aromatic carbocycles. The quantitative estimate of drug-likeness (QED) is 0.0320. The highest BCUT2D eigenvalue weighted by Gasteiger charge is 2.18. The van der Waals surface area contributed by atoms with E-state index in [1.807, 2.05) is 6.08 Å². The lowest BCUT2D eigenvalue weighted by atomic mass is 10.0. The monoisotopic (exact) mass is 1210 g/mol. The first-order valence-electron chi connectivity index (χ1n) is 39.3. The molecule has 0 radical (unpaired) electrons. The molecule has 508 valence electrons. The van der Waals surface area contributed by atoms with Crippen molar-refractivity contribution in [2.45, 2.75) is 450 Å². The summed E-state index contributed by atoms with van der Waals surface area (Å²) < 4.78 is 5.48. The topological polar surface area (TPSA) is 95.9 Å². The van der Waals surface area contributed by atoms with E-state index in [1.54, 1.807) is 6.08 Å². The fourth-order valence-electron chi connectivity index (χ4n) is 12.4. The first-order valence-corrected chi connectivity index (χ1v) is 39.3. The van der Waals surface area contributed by atoms with Gasteiger partial charge in [0.1, 0.15) is 0 Å². The van der Waals surface area contributed by atoms with Crippen LogP contribution >= 0.6 is 0 Å². The highest BCUT2D eigenvalue weighted by Crippen LogP contribution is 2.19. The summed E-state index contributed by atoms with van der Waals surface area (Å²) in [4.78, 5) is 24.6. The van der Waals surface area contributed by atoms with Crippen molar-refractivity contribution >= 4 is 11.9 Å². The molecule has 0 aliphatic heterocycles. The fraction of sp³-hybridized carbons (Fsp3) is 0.900. The summed E-state index contributed by atoms with van der Waals surface area (Å²) in [7, 11) is 0. The van der Waals surface area contributed by atoms with Crippen molar-refractivity contribution in [1.29, 1.82) is 0 Å². The zero-order chi connectivity index (χ0) is 62.0. The number of allylic oxidation sites excluding steroid dienone is 5. The van der Waals surface area contributed by atoms with Crippen LogP contribution in [-0.2, 0) is 14.3 Å². The van der Waals surface area contributed by atoms with Crippen molar-refractivity contribution in [2.75, 3.05) is 13.2 Å². The van der Waals surface area contributed by atoms with Crippen LogP contribution in [0.4, 0.5) is 0 Å². The average molecular weight is 1210 g/mol. The van der Waals surface area contributed by atoms with Gasteiger partial charge in [0.2, 0.25) is 5.91 Å². The molecule has 0 aromatic rings. The highest BCUT2D eigenvalue weighted by molar-refractivity contribution is 5.76. The molecule has 0 fully saturated rings. The number of aliphatic hydroxyl groups is 2. The Bertz CT molecular complexity index is 1390. The Morgan fingerprint density at radius 3 is 0.849 bits per heavy atom. The molecule has 1 amide bonds. The second-order valence-electron chi connectivity index (χ2n) is 27.0. The molecule has 0 spiro atoms.